The average molecular weight is 507 g/mol. The summed E-state index contributed by atoms with van der Waals surface area (Å²) in [4.78, 5) is 24.3. The molecule has 1 heterocycles. The zero-order chi connectivity index (χ0) is 27.1. The van der Waals surface area contributed by atoms with Crippen LogP contribution in [0.4, 0.5) is 0 Å². The summed E-state index contributed by atoms with van der Waals surface area (Å²) < 4.78 is 21.2. The van der Waals surface area contributed by atoms with Crippen LogP contribution < -0.4 is 19.6 Å². The molecule has 0 aliphatic rings. The maximum absolute atomic E-state index is 12.2. The summed E-state index contributed by atoms with van der Waals surface area (Å²) in [6.07, 6.45) is 3.88. The smallest absolute Gasteiger partial charge is 0.379 e. The molecule has 1 N–H and O–H groups in total. The fourth-order valence-electron chi connectivity index (χ4n) is 4.18. The summed E-state index contributed by atoms with van der Waals surface area (Å²) in [5.74, 6) is 0.209. The highest BCUT2D eigenvalue weighted by Gasteiger charge is 2.27. The zero-order valence-corrected chi connectivity index (χ0v) is 22.2. The minimum atomic E-state index is -0.639. The topological polar surface area (TPSA) is 99.4 Å². The molecular formula is C29H34N2O6. The van der Waals surface area contributed by atoms with Gasteiger partial charge in [-0.05, 0) is 70.8 Å². The minimum Gasteiger partial charge on any atom is -0.493 e. The number of hydrogen-bond acceptors (Lipinski definition) is 7. The second-order valence-corrected chi connectivity index (χ2v) is 10.5. The number of hydrazone groups is 1. The number of carbonyl (C=O) groups excluding carboxylic acids is 2. The second-order valence-electron chi connectivity index (χ2n) is 10.5. The molecule has 0 spiro atoms. The fraction of sp³-hybridized carbons (Fsp3) is 0.345. The first-order valence-electron chi connectivity index (χ1n) is 12.0. The van der Waals surface area contributed by atoms with Gasteiger partial charge < -0.3 is 18.6 Å². The summed E-state index contributed by atoms with van der Waals surface area (Å²) in [6.45, 7) is 11.0. The van der Waals surface area contributed by atoms with Crippen LogP contribution in [0.3, 0.4) is 0 Å². The van der Waals surface area contributed by atoms with Crippen molar-refractivity contribution < 1.29 is 28.2 Å². The van der Waals surface area contributed by atoms with Crippen molar-refractivity contribution in [3.8, 4) is 17.2 Å². The number of hydrogen-bond donors (Lipinski definition) is 1. The van der Waals surface area contributed by atoms with E-state index >= 15 is 0 Å². The van der Waals surface area contributed by atoms with E-state index in [-0.39, 0.29) is 28.9 Å². The Bertz CT molecular complexity index is 1220. The highest BCUT2D eigenvalue weighted by atomic mass is 16.6. The molecule has 0 bridgehead atoms. The van der Waals surface area contributed by atoms with E-state index in [1.165, 1.54) is 31.2 Å². The standard InChI is InChI=1S/C29H34N2O6/c1-28(2,3)19-29(4,5)21-10-12-22(13-11-21)36-18-26(32)31-30-17-20-9-14-23(25(16-20)34-6)37-27(33)24-8-7-15-35-24/h7-17H,18-19H2,1-6H3,(H,31,32)/b30-17-. The predicted molar refractivity (Wildman–Crippen MR) is 141 cm³/mol. The molecule has 0 fully saturated rings. The highest BCUT2D eigenvalue weighted by molar-refractivity contribution is 5.89. The van der Waals surface area contributed by atoms with Crippen LogP contribution in [0.5, 0.6) is 17.2 Å². The van der Waals surface area contributed by atoms with Gasteiger partial charge in [0.15, 0.2) is 18.1 Å². The molecule has 3 aromatic rings. The van der Waals surface area contributed by atoms with E-state index < -0.39 is 11.9 Å². The SMILES string of the molecule is COc1cc(/C=N\NC(=O)COc2ccc(C(C)(C)CC(C)(C)C)cc2)ccc1OC(=O)c1ccco1. The Morgan fingerprint density at radius 1 is 1.00 bits per heavy atom. The Morgan fingerprint density at radius 2 is 1.73 bits per heavy atom. The first-order chi connectivity index (χ1) is 17.5. The number of ether oxygens (including phenoxy) is 3. The summed E-state index contributed by atoms with van der Waals surface area (Å²) in [7, 11) is 1.46. The molecular weight excluding hydrogens is 472 g/mol. The number of furan rings is 1. The number of nitrogens with zero attached hydrogens (tertiary/aromatic N) is 1. The quantitative estimate of drug-likeness (QED) is 0.163. The van der Waals surface area contributed by atoms with Crippen LogP contribution >= 0.6 is 0 Å². The molecule has 1 amide bonds. The number of methoxy groups -OCH3 is 1. The van der Waals surface area contributed by atoms with Gasteiger partial charge in [-0.25, -0.2) is 10.2 Å². The van der Waals surface area contributed by atoms with Crippen LogP contribution in [0.1, 0.15) is 62.7 Å². The van der Waals surface area contributed by atoms with Crippen LogP contribution in [0, 0.1) is 5.41 Å². The van der Waals surface area contributed by atoms with Gasteiger partial charge in [0.2, 0.25) is 5.76 Å². The summed E-state index contributed by atoms with van der Waals surface area (Å²) in [6, 6.07) is 15.8. The number of nitrogens with one attached hydrogen (secondary N) is 1. The minimum absolute atomic E-state index is 0.0326. The van der Waals surface area contributed by atoms with Gasteiger partial charge in [0, 0.05) is 0 Å². The third kappa shape index (κ3) is 8.24. The third-order valence-electron chi connectivity index (χ3n) is 5.49. The van der Waals surface area contributed by atoms with Crippen LogP contribution in [0.25, 0.3) is 0 Å². The Morgan fingerprint density at radius 3 is 2.35 bits per heavy atom. The first-order valence-corrected chi connectivity index (χ1v) is 12.0. The van der Waals surface area contributed by atoms with Gasteiger partial charge in [-0.1, -0.05) is 46.8 Å². The van der Waals surface area contributed by atoms with Crippen molar-refractivity contribution in [2.75, 3.05) is 13.7 Å². The molecule has 3 rings (SSSR count). The van der Waals surface area contributed by atoms with Crippen molar-refractivity contribution in [2.24, 2.45) is 10.5 Å². The monoisotopic (exact) mass is 506 g/mol. The molecule has 0 saturated carbocycles. The molecule has 8 nitrogen and oxygen atoms in total. The molecule has 0 radical (unpaired) electrons. The molecule has 2 aromatic carbocycles. The molecule has 37 heavy (non-hydrogen) atoms. The number of benzene rings is 2. The van der Waals surface area contributed by atoms with Crippen LogP contribution in [0.2, 0.25) is 0 Å². The van der Waals surface area contributed by atoms with Crippen LogP contribution in [0.15, 0.2) is 70.4 Å². The lowest BCUT2D eigenvalue weighted by Crippen LogP contribution is -2.25. The lowest BCUT2D eigenvalue weighted by molar-refractivity contribution is -0.123. The molecule has 0 aliphatic carbocycles. The Kier molecular flexibility index (Phi) is 8.76. The largest absolute Gasteiger partial charge is 0.493 e. The van der Waals surface area contributed by atoms with Gasteiger partial charge in [0.05, 0.1) is 19.6 Å². The van der Waals surface area contributed by atoms with E-state index in [2.05, 4.69) is 45.1 Å². The molecule has 0 atom stereocenters. The summed E-state index contributed by atoms with van der Waals surface area (Å²) in [5, 5.41) is 3.96. The molecule has 196 valence electrons. The summed E-state index contributed by atoms with van der Waals surface area (Å²) >= 11 is 0. The van der Waals surface area contributed by atoms with Crippen molar-refractivity contribution in [1.82, 2.24) is 5.43 Å². The van der Waals surface area contributed by atoms with Gasteiger partial charge in [0.25, 0.3) is 5.91 Å². The number of amides is 1. The van der Waals surface area contributed by atoms with Gasteiger partial charge >= 0.3 is 5.97 Å². The first kappa shape index (κ1) is 27.5. The number of rotatable bonds is 10. The van der Waals surface area contributed by atoms with E-state index in [1.807, 2.05) is 24.3 Å². The highest BCUT2D eigenvalue weighted by Crippen LogP contribution is 2.36. The number of esters is 1. The van der Waals surface area contributed by atoms with E-state index in [0.29, 0.717) is 17.1 Å². The van der Waals surface area contributed by atoms with Crippen molar-refractivity contribution in [3.05, 3.63) is 77.7 Å². The fourth-order valence-corrected chi connectivity index (χ4v) is 4.18. The molecule has 0 saturated heterocycles. The van der Waals surface area contributed by atoms with Crippen LogP contribution in [-0.4, -0.2) is 31.8 Å². The van der Waals surface area contributed by atoms with Crippen molar-refractivity contribution in [3.63, 3.8) is 0 Å². The molecule has 8 heteroatoms. The van der Waals surface area contributed by atoms with Crippen molar-refractivity contribution in [2.45, 2.75) is 46.5 Å². The predicted octanol–water partition coefficient (Wildman–Crippen LogP) is 5.75. The Labute approximate surface area is 217 Å². The van der Waals surface area contributed by atoms with Gasteiger partial charge in [-0.2, -0.15) is 5.10 Å². The zero-order valence-electron chi connectivity index (χ0n) is 22.2. The Balaban J connectivity index is 1.50. The maximum Gasteiger partial charge on any atom is 0.379 e. The van der Waals surface area contributed by atoms with E-state index in [1.54, 1.807) is 24.3 Å². The van der Waals surface area contributed by atoms with Crippen LogP contribution in [-0.2, 0) is 10.2 Å². The normalized spacial score (nSPS) is 11.8. The Hall–Kier alpha value is -4.07. The molecule has 0 unspecified atom stereocenters. The van der Waals surface area contributed by atoms with Gasteiger partial charge in [-0.3, -0.25) is 4.79 Å². The molecule has 0 aliphatic heterocycles. The average Bonchev–Trinajstić information content (AvgIpc) is 3.37. The van der Waals surface area contributed by atoms with Gasteiger partial charge in [-0.15, -0.1) is 0 Å². The summed E-state index contributed by atoms with van der Waals surface area (Å²) in [5.41, 5.74) is 4.54. The van der Waals surface area contributed by atoms with E-state index in [9.17, 15) is 9.59 Å². The van der Waals surface area contributed by atoms with Crippen molar-refractivity contribution >= 4 is 18.1 Å². The number of carbonyl (C=O) groups is 2. The maximum atomic E-state index is 12.2. The lowest BCUT2D eigenvalue weighted by Gasteiger charge is -2.33. The molecule has 1 aromatic heterocycles. The van der Waals surface area contributed by atoms with E-state index in [0.717, 1.165) is 6.42 Å². The third-order valence-corrected chi connectivity index (χ3v) is 5.49. The lowest BCUT2D eigenvalue weighted by atomic mass is 9.72. The van der Waals surface area contributed by atoms with Crippen molar-refractivity contribution in [1.29, 1.82) is 0 Å². The van der Waals surface area contributed by atoms with Gasteiger partial charge in [0.1, 0.15) is 5.75 Å². The van der Waals surface area contributed by atoms with E-state index in [4.69, 9.17) is 18.6 Å². The second kappa shape index (κ2) is 11.8.